The molecule has 0 bridgehead atoms. The van der Waals surface area contributed by atoms with E-state index in [0.717, 1.165) is 4.90 Å². The average Bonchev–Trinajstić information content (AvgIpc) is 3.25. The number of nitrogen functional groups attached to an aromatic ring is 1. The number of carboxylic acids is 1. The van der Waals surface area contributed by atoms with Gasteiger partial charge in [-0.15, -0.1) is 35.3 Å². The van der Waals surface area contributed by atoms with E-state index >= 15 is 0 Å². The lowest BCUT2D eigenvalue weighted by molar-refractivity contribution is -0.150. The van der Waals surface area contributed by atoms with Crippen LogP contribution in [-0.4, -0.2) is 56.0 Å². The second-order valence-electron chi connectivity index (χ2n) is 6.74. The fraction of sp³-hybridized carbons (Fsp3) is 0.316. The number of amides is 2. The fourth-order valence-corrected chi connectivity index (χ4v) is 6.54. The number of nitrogens with zero attached hydrogens (tertiary/aromatic N) is 1. The predicted molar refractivity (Wildman–Crippen MR) is 116 cm³/mol. The molecule has 0 saturated carbocycles. The van der Waals surface area contributed by atoms with E-state index in [1.165, 1.54) is 40.2 Å². The van der Waals surface area contributed by atoms with Crippen molar-refractivity contribution in [2.75, 3.05) is 17.2 Å². The molecule has 3 unspecified atom stereocenters. The number of aliphatic carboxylic acids is 1. The fourth-order valence-electron chi connectivity index (χ4n) is 3.33. The molecule has 3 atom stereocenters. The molecular formula is C19H19N3O4S3. The van der Waals surface area contributed by atoms with Crippen molar-refractivity contribution in [1.29, 1.82) is 0 Å². The minimum atomic E-state index is -1.11. The standard InChI is InChI=1S/C19H19N3O4S3/c20-11-3-5-12(6-4-11)28-8-10-9-29-18-14(17(24)22(18)15(10)19(25)26)21-16(23)13-2-1-7-27-13/h1,3-7,13-14,18H,2,8-9,20H2,(H,21,23)(H,25,26). The highest BCUT2D eigenvalue weighted by Gasteiger charge is 2.54. The van der Waals surface area contributed by atoms with Gasteiger partial charge in [0.2, 0.25) is 5.91 Å². The molecule has 2 amide bonds. The highest BCUT2D eigenvalue weighted by Crippen LogP contribution is 2.42. The van der Waals surface area contributed by atoms with Gasteiger partial charge in [-0.1, -0.05) is 6.08 Å². The number of carboxylic acid groups (broad SMARTS) is 1. The Morgan fingerprint density at radius 3 is 2.72 bits per heavy atom. The van der Waals surface area contributed by atoms with Gasteiger partial charge in [0, 0.05) is 22.1 Å². The molecule has 29 heavy (non-hydrogen) atoms. The Balaban J connectivity index is 1.45. The summed E-state index contributed by atoms with van der Waals surface area (Å²) in [6.45, 7) is 0. The molecule has 0 aromatic heterocycles. The number of allylic oxidation sites excluding steroid dienone is 1. The third kappa shape index (κ3) is 4.01. The molecule has 0 aliphatic carbocycles. The zero-order chi connectivity index (χ0) is 20.5. The van der Waals surface area contributed by atoms with Crippen LogP contribution in [0.4, 0.5) is 5.69 Å². The van der Waals surface area contributed by atoms with Crippen LogP contribution >= 0.6 is 35.3 Å². The maximum Gasteiger partial charge on any atom is 0.352 e. The van der Waals surface area contributed by atoms with E-state index in [4.69, 9.17) is 5.73 Å². The quantitative estimate of drug-likeness (QED) is 0.344. The smallest absolute Gasteiger partial charge is 0.352 e. The van der Waals surface area contributed by atoms with Crippen molar-refractivity contribution in [2.24, 2.45) is 0 Å². The van der Waals surface area contributed by atoms with E-state index < -0.39 is 12.0 Å². The van der Waals surface area contributed by atoms with Crippen molar-refractivity contribution in [3.05, 3.63) is 47.0 Å². The number of carbonyl (C=O) groups is 3. The van der Waals surface area contributed by atoms with Gasteiger partial charge in [-0.05, 0) is 41.7 Å². The number of hydrogen-bond donors (Lipinski definition) is 3. The molecule has 10 heteroatoms. The molecule has 4 N–H and O–H groups in total. The van der Waals surface area contributed by atoms with Crippen LogP contribution in [0.2, 0.25) is 0 Å². The van der Waals surface area contributed by atoms with Crippen LogP contribution in [0.25, 0.3) is 0 Å². The molecule has 3 aliphatic heterocycles. The van der Waals surface area contributed by atoms with Gasteiger partial charge in [0.15, 0.2) is 0 Å². The molecule has 1 aromatic carbocycles. The van der Waals surface area contributed by atoms with E-state index in [1.54, 1.807) is 12.1 Å². The summed E-state index contributed by atoms with van der Waals surface area (Å²) in [6.07, 6.45) is 2.57. The number of carbonyl (C=O) groups excluding carboxylic acids is 2. The van der Waals surface area contributed by atoms with E-state index in [0.29, 0.717) is 29.2 Å². The summed E-state index contributed by atoms with van der Waals surface area (Å²) in [5.41, 5.74) is 7.11. The lowest BCUT2D eigenvalue weighted by atomic mass is 10.0. The second kappa shape index (κ2) is 8.37. The molecule has 3 heterocycles. The number of hydrogen-bond acceptors (Lipinski definition) is 7. The maximum absolute atomic E-state index is 12.7. The summed E-state index contributed by atoms with van der Waals surface area (Å²) in [7, 11) is 0. The van der Waals surface area contributed by atoms with Crippen molar-refractivity contribution in [3.63, 3.8) is 0 Å². The number of nitrogens with one attached hydrogen (secondary N) is 1. The molecule has 7 nitrogen and oxygen atoms in total. The van der Waals surface area contributed by atoms with Gasteiger partial charge < -0.3 is 16.2 Å². The zero-order valence-corrected chi connectivity index (χ0v) is 17.7. The highest BCUT2D eigenvalue weighted by atomic mass is 32.2. The Labute approximate surface area is 180 Å². The summed E-state index contributed by atoms with van der Waals surface area (Å²) in [4.78, 5) is 39.2. The normalized spacial score (nSPS) is 25.6. The van der Waals surface area contributed by atoms with E-state index in [9.17, 15) is 19.5 Å². The van der Waals surface area contributed by atoms with Crippen molar-refractivity contribution in [2.45, 2.75) is 28.0 Å². The minimum absolute atomic E-state index is 0.0455. The van der Waals surface area contributed by atoms with Crippen molar-refractivity contribution in [1.82, 2.24) is 10.2 Å². The van der Waals surface area contributed by atoms with Gasteiger partial charge in [-0.2, -0.15) is 0 Å². The summed E-state index contributed by atoms with van der Waals surface area (Å²) in [5, 5.41) is 13.8. The molecule has 3 aliphatic rings. The molecule has 1 saturated heterocycles. The lowest BCUT2D eigenvalue weighted by Crippen LogP contribution is -2.71. The van der Waals surface area contributed by atoms with Crippen LogP contribution in [0.15, 0.2) is 51.9 Å². The number of β-lactam (4-membered cyclic amide) rings is 1. The number of nitrogens with two attached hydrogens (primary N) is 1. The summed E-state index contributed by atoms with van der Waals surface area (Å²) < 4.78 is 0. The topological polar surface area (TPSA) is 113 Å². The molecule has 152 valence electrons. The van der Waals surface area contributed by atoms with E-state index in [-0.39, 0.29) is 28.1 Å². The van der Waals surface area contributed by atoms with Gasteiger partial charge in [-0.3, -0.25) is 14.5 Å². The Morgan fingerprint density at radius 1 is 1.31 bits per heavy atom. The maximum atomic E-state index is 12.7. The monoisotopic (exact) mass is 449 g/mol. The van der Waals surface area contributed by atoms with Crippen LogP contribution in [0, 0.1) is 0 Å². The van der Waals surface area contributed by atoms with Gasteiger partial charge in [0.25, 0.3) is 5.91 Å². The number of thioether (sulfide) groups is 3. The van der Waals surface area contributed by atoms with Crippen LogP contribution in [0.5, 0.6) is 0 Å². The van der Waals surface area contributed by atoms with Gasteiger partial charge >= 0.3 is 5.97 Å². The molecule has 4 rings (SSSR count). The van der Waals surface area contributed by atoms with Gasteiger partial charge in [0.1, 0.15) is 17.1 Å². The van der Waals surface area contributed by atoms with Crippen molar-refractivity contribution in [3.8, 4) is 0 Å². The van der Waals surface area contributed by atoms with Gasteiger partial charge in [0.05, 0.1) is 5.25 Å². The summed E-state index contributed by atoms with van der Waals surface area (Å²) in [6, 6.07) is 6.69. The Kier molecular flexibility index (Phi) is 5.84. The average molecular weight is 450 g/mol. The number of fused-ring (bicyclic) bond motifs is 1. The summed E-state index contributed by atoms with van der Waals surface area (Å²) >= 11 is 4.43. The lowest BCUT2D eigenvalue weighted by Gasteiger charge is -2.49. The number of anilines is 1. The minimum Gasteiger partial charge on any atom is -0.477 e. The van der Waals surface area contributed by atoms with Crippen LogP contribution in [0.1, 0.15) is 6.42 Å². The van der Waals surface area contributed by atoms with E-state index in [1.807, 2.05) is 23.6 Å². The Bertz CT molecular complexity index is 908. The van der Waals surface area contributed by atoms with Crippen LogP contribution in [-0.2, 0) is 14.4 Å². The van der Waals surface area contributed by atoms with E-state index in [2.05, 4.69) is 5.32 Å². The first kappa shape index (κ1) is 20.2. The number of rotatable bonds is 6. The molecular weight excluding hydrogens is 430 g/mol. The summed E-state index contributed by atoms with van der Waals surface area (Å²) in [5.74, 6) is -0.680. The highest BCUT2D eigenvalue weighted by molar-refractivity contribution is 8.03. The molecule has 1 aromatic rings. The van der Waals surface area contributed by atoms with Gasteiger partial charge in [-0.25, -0.2) is 4.79 Å². The third-order valence-corrected chi connectivity index (χ3v) is 8.34. The first-order chi connectivity index (χ1) is 14.0. The molecule has 1 fully saturated rings. The molecule has 0 radical (unpaired) electrons. The Hall–Kier alpha value is -2.04. The predicted octanol–water partition coefficient (Wildman–Crippen LogP) is 2.12. The molecule has 0 spiro atoms. The SMILES string of the molecule is Nc1ccc(SCC2=C(C(=O)O)N3C(=O)C(NC(=O)C4CC=CS4)C3SC2)cc1. The van der Waals surface area contributed by atoms with Crippen molar-refractivity contribution >= 4 is 58.8 Å². The zero-order valence-electron chi connectivity index (χ0n) is 15.2. The van der Waals surface area contributed by atoms with Crippen LogP contribution in [0.3, 0.4) is 0 Å². The Morgan fingerprint density at radius 2 is 2.07 bits per heavy atom. The van der Waals surface area contributed by atoms with Crippen LogP contribution < -0.4 is 11.1 Å². The number of benzene rings is 1. The largest absolute Gasteiger partial charge is 0.477 e. The first-order valence-corrected chi connectivity index (χ1v) is 11.9. The first-order valence-electron chi connectivity index (χ1n) is 8.95. The van der Waals surface area contributed by atoms with Crippen molar-refractivity contribution < 1.29 is 19.5 Å². The second-order valence-corrected chi connectivity index (χ2v) is 10.0. The third-order valence-electron chi connectivity index (χ3n) is 4.82.